The van der Waals surface area contributed by atoms with E-state index in [1.165, 1.54) is 0 Å². The van der Waals surface area contributed by atoms with Crippen molar-refractivity contribution in [2.45, 2.75) is 19.5 Å². The van der Waals surface area contributed by atoms with Crippen molar-refractivity contribution < 1.29 is 4.79 Å². The van der Waals surface area contributed by atoms with E-state index in [2.05, 4.69) is 10.4 Å². The zero-order valence-corrected chi connectivity index (χ0v) is 16.6. The Balaban J connectivity index is 1.62. The molecule has 0 aliphatic carbocycles. The van der Waals surface area contributed by atoms with Crippen LogP contribution in [0, 0.1) is 0 Å². The molecule has 0 aliphatic heterocycles. The standard InChI is InChI=1S/C20H20Cl2N4O/c1-14(20(27)24-19-9-8-16(21)10-18(19)22)25(2)12-15-11-23-26(13-15)17-6-4-3-5-7-17/h3-11,13-14H,12H2,1-2H3,(H,24,27). The number of nitrogens with zero attached hydrogens (tertiary/aromatic N) is 3. The zero-order chi connectivity index (χ0) is 19.4. The summed E-state index contributed by atoms with van der Waals surface area (Å²) < 4.78 is 1.82. The zero-order valence-electron chi connectivity index (χ0n) is 15.1. The molecule has 27 heavy (non-hydrogen) atoms. The third-order valence-corrected chi connectivity index (χ3v) is 4.87. The highest BCUT2D eigenvalue weighted by Crippen LogP contribution is 2.25. The Kier molecular flexibility index (Phi) is 6.16. The van der Waals surface area contributed by atoms with Crippen molar-refractivity contribution in [3.05, 3.63) is 76.5 Å². The summed E-state index contributed by atoms with van der Waals surface area (Å²) in [5.41, 5.74) is 2.56. The Morgan fingerprint density at radius 1 is 1.22 bits per heavy atom. The first kappa shape index (κ1) is 19.4. The average molecular weight is 403 g/mol. The van der Waals surface area contributed by atoms with Gasteiger partial charge in [0.15, 0.2) is 0 Å². The van der Waals surface area contributed by atoms with Gasteiger partial charge in [0.05, 0.1) is 28.6 Å². The monoisotopic (exact) mass is 402 g/mol. The molecule has 1 N–H and O–H groups in total. The summed E-state index contributed by atoms with van der Waals surface area (Å²) in [4.78, 5) is 14.5. The van der Waals surface area contributed by atoms with Crippen LogP contribution < -0.4 is 5.32 Å². The number of aromatic nitrogens is 2. The fraction of sp³-hybridized carbons (Fsp3) is 0.200. The van der Waals surface area contributed by atoms with E-state index in [0.717, 1.165) is 11.3 Å². The third-order valence-electron chi connectivity index (χ3n) is 4.32. The summed E-state index contributed by atoms with van der Waals surface area (Å²) in [7, 11) is 1.90. The first-order chi connectivity index (χ1) is 12.9. The second-order valence-electron chi connectivity index (χ2n) is 6.33. The molecule has 3 rings (SSSR count). The predicted octanol–water partition coefficient (Wildman–Crippen LogP) is 4.64. The molecule has 1 heterocycles. The number of hydrogen-bond donors (Lipinski definition) is 1. The van der Waals surface area contributed by atoms with Crippen molar-refractivity contribution in [2.75, 3.05) is 12.4 Å². The van der Waals surface area contributed by atoms with E-state index in [0.29, 0.717) is 22.3 Å². The number of hydrogen-bond acceptors (Lipinski definition) is 3. The molecule has 1 unspecified atom stereocenters. The van der Waals surface area contributed by atoms with Crippen LogP contribution in [0.5, 0.6) is 0 Å². The van der Waals surface area contributed by atoms with E-state index in [1.807, 2.05) is 66.3 Å². The van der Waals surface area contributed by atoms with Gasteiger partial charge in [0.1, 0.15) is 0 Å². The molecule has 5 nitrogen and oxygen atoms in total. The van der Waals surface area contributed by atoms with E-state index in [9.17, 15) is 4.79 Å². The minimum absolute atomic E-state index is 0.142. The maximum absolute atomic E-state index is 12.5. The molecule has 0 fully saturated rings. The number of carbonyl (C=O) groups excluding carboxylic acids is 1. The van der Waals surface area contributed by atoms with Gasteiger partial charge in [-0.15, -0.1) is 0 Å². The van der Waals surface area contributed by atoms with Crippen LogP contribution in [0.3, 0.4) is 0 Å². The van der Waals surface area contributed by atoms with Crippen LogP contribution in [-0.2, 0) is 11.3 Å². The van der Waals surface area contributed by atoms with E-state index in [1.54, 1.807) is 18.2 Å². The lowest BCUT2D eigenvalue weighted by Gasteiger charge is -2.23. The first-order valence-corrected chi connectivity index (χ1v) is 9.25. The summed E-state index contributed by atoms with van der Waals surface area (Å²) in [5.74, 6) is -0.142. The molecule has 0 radical (unpaired) electrons. The van der Waals surface area contributed by atoms with Gasteiger partial charge >= 0.3 is 0 Å². The molecule has 0 aliphatic rings. The van der Waals surface area contributed by atoms with E-state index in [4.69, 9.17) is 23.2 Å². The number of rotatable bonds is 6. The lowest BCUT2D eigenvalue weighted by atomic mass is 10.2. The molecule has 0 spiro atoms. The first-order valence-electron chi connectivity index (χ1n) is 8.49. The van der Waals surface area contributed by atoms with Gasteiger partial charge in [-0.3, -0.25) is 9.69 Å². The topological polar surface area (TPSA) is 50.2 Å². The van der Waals surface area contributed by atoms with Crippen molar-refractivity contribution >= 4 is 34.8 Å². The normalized spacial score (nSPS) is 12.2. The molecule has 140 valence electrons. The molecule has 3 aromatic rings. The van der Waals surface area contributed by atoms with Gasteiger partial charge in [0, 0.05) is 23.3 Å². The molecule has 2 aromatic carbocycles. The predicted molar refractivity (Wildman–Crippen MR) is 110 cm³/mol. The number of amides is 1. The van der Waals surface area contributed by atoms with Gasteiger partial charge in [0.2, 0.25) is 5.91 Å². The van der Waals surface area contributed by atoms with Crippen LogP contribution in [-0.4, -0.2) is 33.7 Å². The fourth-order valence-electron chi connectivity index (χ4n) is 2.62. The van der Waals surface area contributed by atoms with Crippen LogP contribution in [0.15, 0.2) is 60.9 Å². The van der Waals surface area contributed by atoms with E-state index < -0.39 is 0 Å². The summed E-state index contributed by atoms with van der Waals surface area (Å²) >= 11 is 12.0. The van der Waals surface area contributed by atoms with Crippen molar-refractivity contribution in [3.8, 4) is 5.69 Å². The molecule has 0 saturated carbocycles. The highest BCUT2D eigenvalue weighted by molar-refractivity contribution is 6.36. The van der Waals surface area contributed by atoms with Crippen molar-refractivity contribution in [2.24, 2.45) is 0 Å². The average Bonchev–Trinajstić information content (AvgIpc) is 3.12. The Bertz CT molecular complexity index is 927. The Hall–Kier alpha value is -2.34. The lowest BCUT2D eigenvalue weighted by Crippen LogP contribution is -2.39. The van der Waals surface area contributed by atoms with E-state index in [-0.39, 0.29) is 11.9 Å². The lowest BCUT2D eigenvalue weighted by molar-refractivity contribution is -0.120. The number of anilines is 1. The van der Waals surface area contributed by atoms with Gasteiger partial charge in [-0.25, -0.2) is 4.68 Å². The number of nitrogens with one attached hydrogen (secondary N) is 1. The molecule has 0 saturated heterocycles. The highest BCUT2D eigenvalue weighted by atomic mass is 35.5. The molecule has 0 bridgehead atoms. The number of halogens is 2. The minimum atomic E-state index is -0.350. The SMILES string of the molecule is CC(C(=O)Nc1ccc(Cl)cc1Cl)N(C)Cc1cnn(-c2ccccc2)c1. The van der Waals surface area contributed by atoms with Gasteiger partial charge in [-0.2, -0.15) is 5.10 Å². The van der Waals surface area contributed by atoms with Gasteiger partial charge in [-0.1, -0.05) is 41.4 Å². The van der Waals surface area contributed by atoms with Crippen LogP contribution >= 0.6 is 23.2 Å². The minimum Gasteiger partial charge on any atom is -0.323 e. The van der Waals surface area contributed by atoms with Crippen LogP contribution in [0.1, 0.15) is 12.5 Å². The maximum atomic E-state index is 12.5. The molecule has 7 heteroatoms. The molecule has 1 aromatic heterocycles. The smallest absolute Gasteiger partial charge is 0.241 e. The Morgan fingerprint density at radius 3 is 2.67 bits per heavy atom. The molecular formula is C20H20Cl2N4O. The molecule has 1 atom stereocenters. The summed E-state index contributed by atoms with van der Waals surface area (Å²) in [6, 6.07) is 14.5. The van der Waals surface area contributed by atoms with Gasteiger partial charge in [-0.05, 0) is 44.3 Å². The second kappa shape index (κ2) is 8.57. The summed E-state index contributed by atoms with van der Waals surface area (Å²) in [6.07, 6.45) is 3.77. The molecular weight excluding hydrogens is 383 g/mol. The van der Waals surface area contributed by atoms with Crippen molar-refractivity contribution in [1.29, 1.82) is 0 Å². The highest BCUT2D eigenvalue weighted by Gasteiger charge is 2.19. The Labute approximate surface area is 168 Å². The maximum Gasteiger partial charge on any atom is 0.241 e. The number of carbonyl (C=O) groups is 1. The number of para-hydroxylation sites is 1. The second-order valence-corrected chi connectivity index (χ2v) is 7.18. The quantitative estimate of drug-likeness (QED) is 0.653. The fourth-order valence-corrected chi connectivity index (χ4v) is 3.07. The Morgan fingerprint density at radius 2 is 1.96 bits per heavy atom. The van der Waals surface area contributed by atoms with Crippen molar-refractivity contribution in [1.82, 2.24) is 14.7 Å². The summed E-state index contributed by atoms with van der Waals surface area (Å²) in [5, 5.41) is 8.17. The van der Waals surface area contributed by atoms with Gasteiger partial charge < -0.3 is 5.32 Å². The summed E-state index contributed by atoms with van der Waals surface area (Å²) in [6.45, 7) is 2.44. The van der Waals surface area contributed by atoms with E-state index >= 15 is 0 Å². The van der Waals surface area contributed by atoms with Crippen LogP contribution in [0.4, 0.5) is 5.69 Å². The largest absolute Gasteiger partial charge is 0.323 e. The van der Waals surface area contributed by atoms with Crippen LogP contribution in [0.25, 0.3) is 5.69 Å². The van der Waals surface area contributed by atoms with Gasteiger partial charge in [0.25, 0.3) is 0 Å². The van der Waals surface area contributed by atoms with Crippen LogP contribution in [0.2, 0.25) is 10.0 Å². The number of benzene rings is 2. The van der Waals surface area contributed by atoms with Crippen molar-refractivity contribution in [3.63, 3.8) is 0 Å². The molecule has 1 amide bonds. The number of likely N-dealkylation sites (N-methyl/N-ethyl adjacent to an activating group) is 1. The third kappa shape index (κ3) is 4.89.